The van der Waals surface area contributed by atoms with Crippen LogP contribution in [0.5, 0.6) is 0 Å². The van der Waals surface area contributed by atoms with E-state index in [9.17, 15) is 5.26 Å². The Balaban J connectivity index is 1.85. The van der Waals surface area contributed by atoms with E-state index in [0.717, 1.165) is 17.1 Å². The first kappa shape index (κ1) is 21.7. The van der Waals surface area contributed by atoms with Crippen molar-refractivity contribution in [1.82, 2.24) is 4.57 Å². The topological polar surface area (TPSA) is 28.7 Å². The number of aromatic nitrogens is 1. The number of hydrogen-bond acceptors (Lipinski definition) is 1. The van der Waals surface area contributed by atoms with Gasteiger partial charge >= 0.3 is 203 Å². The molecule has 162 valence electrons. The average molecular weight is 511 g/mol. The second kappa shape index (κ2) is 8.31. The maximum absolute atomic E-state index is 9.41. The van der Waals surface area contributed by atoms with Crippen molar-refractivity contribution in [3.05, 3.63) is 127 Å². The van der Waals surface area contributed by atoms with Crippen molar-refractivity contribution in [3.8, 4) is 6.07 Å². The number of aryl methyl sites for hydroxylation is 1. The summed E-state index contributed by atoms with van der Waals surface area (Å²) in [4.78, 5) is 0. The second-order valence-electron chi connectivity index (χ2n) is 8.43. The van der Waals surface area contributed by atoms with Gasteiger partial charge in [0.2, 0.25) is 0 Å². The van der Waals surface area contributed by atoms with Gasteiger partial charge in [0.05, 0.1) is 0 Å². The van der Waals surface area contributed by atoms with Crippen LogP contribution in [0.25, 0.3) is 10.9 Å². The number of fused-ring (bicyclic) bond motifs is 1. The van der Waals surface area contributed by atoms with Crippen molar-refractivity contribution in [2.45, 2.75) is 6.16 Å². The first-order chi connectivity index (χ1) is 16.0. The van der Waals surface area contributed by atoms with Crippen LogP contribution in [0.15, 0.2) is 115 Å². The molecule has 5 rings (SSSR count). The Kier molecular flexibility index (Phi) is 5.45. The van der Waals surface area contributed by atoms with Gasteiger partial charge in [0, 0.05) is 0 Å². The third-order valence-electron chi connectivity index (χ3n) is 6.62. The van der Waals surface area contributed by atoms with E-state index in [1.807, 2.05) is 18.2 Å². The molecule has 0 spiro atoms. The van der Waals surface area contributed by atoms with Crippen LogP contribution in [0.1, 0.15) is 11.3 Å². The quantitative estimate of drug-likeness (QED) is 0.252. The van der Waals surface area contributed by atoms with Crippen LogP contribution in [-0.4, -0.2) is 4.57 Å². The molecule has 0 radical (unpaired) electrons. The third-order valence-corrected chi connectivity index (χ3v) is 16.1. The summed E-state index contributed by atoms with van der Waals surface area (Å²) in [5.74, 6) is 0. The number of halogens is 1. The van der Waals surface area contributed by atoms with Crippen LogP contribution in [-0.2, 0) is 13.2 Å². The number of hydrogen-bond donors (Lipinski definition) is 0. The van der Waals surface area contributed by atoms with Gasteiger partial charge in [-0.25, -0.2) is 0 Å². The fourth-order valence-corrected chi connectivity index (χ4v) is 12.5. The van der Waals surface area contributed by atoms with Crippen LogP contribution in [0.4, 0.5) is 0 Å². The van der Waals surface area contributed by atoms with Gasteiger partial charge < -0.3 is 0 Å². The Morgan fingerprint density at radius 2 is 1.21 bits per heavy atom. The molecule has 0 bridgehead atoms. The Hall–Kier alpha value is -3.18. The minimum atomic E-state index is -3.08. The minimum absolute atomic E-state index is 0.681. The summed E-state index contributed by atoms with van der Waals surface area (Å²) in [5.41, 5.74) is 2.99. The van der Waals surface area contributed by atoms with Crippen LogP contribution in [0.2, 0.25) is 0 Å². The third kappa shape index (κ3) is 3.42. The van der Waals surface area contributed by atoms with Gasteiger partial charge in [0.25, 0.3) is 0 Å². The van der Waals surface area contributed by atoms with E-state index >= 15 is 0 Å². The Labute approximate surface area is 202 Å². The zero-order valence-electron chi connectivity index (χ0n) is 18.4. The van der Waals surface area contributed by atoms with Crippen molar-refractivity contribution >= 4 is 47.6 Å². The molecular formula is C29H24BrN2P. The SMILES string of the molecule is Cn1c(CP(Br)(c2ccccc2)(c2ccccc2)c2ccccc2)cc2ccc(C#N)cc21. The first-order valence-corrected chi connectivity index (χ1v) is 15.4. The summed E-state index contributed by atoms with van der Waals surface area (Å²) in [6, 6.07) is 43.0. The fraction of sp³-hybridized carbons (Fsp3) is 0.0690. The molecule has 1 aromatic heterocycles. The Bertz CT molecular complexity index is 1370. The summed E-state index contributed by atoms with van der Waals surface area (Å²) in [6.45, 7) is 0. The van der Waals surface area contributed by atoms with Gasteiger partial charge in [-0.2, -0.15) is 0 Å². The number of nitrogens with zero attached hydrogens (tertiary/aromatic N) is 2. The molecule has 0 aliphatic rings. The predicted molar refractivity (Wildman–Crippen MR) is 145 cm³/mol. The Morgan fingerprint density at radius 1 is 0.727 bits per heavy atom. The Morgan fingerprint density at radius 3 is 1.67 bits per heavy atom. The summed E-state index contributed by atoms with van der Waals surface area (Å²) in [5, 5.41) is 11.4. The molecule has 5 aromatic rings. The summed E-state index contributed by atoms with van der Waals surface area (Å²) < 4.78 is 2.24. The van der Waals surface area contributed by atoms with E-state index in [2.05, 4.69) is 130 Å². The van der Waals surface area contributed by atoms with E-state index in [-0.39, 0.29) is 0 Å². The van der Waals surface area contributed by atoms with Gasteiger partial charge in [-0.05, 0) is 0 Å². The van der Waals surface area contributed by atoms with E-state index < -0.39 is 5.31 Å². The molecule has 33 heavy (non-hydrogen) atoms. The van der Waals surface area contributed by atoms with E-state index in [4.69, 9.17) is 0 Å². The molecule has 0 fully saturated rings. The molecule has 0 aliphatic carbocycles. The van der Waals surface area contributed by atoms with E-state index in [0.29, 0.717) is 5.56 Å². The van der Waals surface area contributed by atoms with Crippen molar-refractivity contribution in [3.63, 3.8) is 0 Å². The average Bonchev–Trinajstić information content (AvgIpc) is 3.19. The summed E-state index contributed by atoms with van der Waals surface area (Å²) in [6.07, 6.45) is 0.816. The van der Waals surface area contributed by atoms with Gasteiger partial charge in [-0.3, -0.25) is 0 Å². The maximum atomic E-state index is 9.41. The van der Waals surface area contributed by atoms with Gasteiger partial charge in [0.1, 0.15) is 0 Å². The van der Waals surface area contributed by atoms with Gasteiger partial charge in [-0.1, -0.05) is 0 Å². The number of benzene rings is 4. The predicted octanol–water partition coefficient (Wildman–Crippen LogP) is 6.39. The molecule has 4 heteroatoms. The van der Waals surface area contributed by atoms with Crippen molar-refractivity contribution in [1.29, 1.82) is 5.26 Å². The van der Waals surface area contributed by atoms with Crippen molar-refractivity contribution in [2.24, 2.45) is 7.05 Å². The molecule has 0 aliphatic heterocycles. The van der Waals surface area contributed by atoms with E-state index in [1.54, 1.807) is 0 Å². The monoisotopic (exact) mass is 510 g/mol. The normalized spacial score (nSPS) is 12.7. The molecule has 4 aromatic carbocycles. The first-order valence-electron chi connectivity index (χ1n) is 10.9. The van der Waals surface area contributed by atoms with Crippen LogP contribution >= 0.6 is 20.8 Å². The molecule has 0 atom stereocenters. The second-order valence-corrected chi connectivity index (χ2v) is 17.4. The molecule has 0 saturated heterocycles. The van der Waals surface area contributed by atoms with Crippen LogP contribution in [0.3, 0.4) is 0 Å². The summed E-state index contributed by atoms with van der Waals surface area (Å²) in [7, 11) is 2.11. The van der Waals surface area contributed by atoms with Crippen molar-refractivity contribution < 1.29 is 0 Å². The zero-order valence-corrected chi connectivity index (χ0v) is 20.9. The molecule has 0 saturated carbocycles. The zero-order chi connectivity index (χ0) is 22.9. The molecule has 0 unspecified atom stereocenters. The molecular weight excluding hydrogens is 487 g/mol. The van der Waals surface area contributed by atoms with Gasteiger partial charge in [-0.15, -0.1) is 0 Å². The molecule has 0 N–H and O–H groups in total. The molecule has 1 heterocycles. The van der Waals surface area contributed by atoms with E-state index in [1.165, 1.54) is 21.6 Å². The summed E-state index contributed by atoms with van der Waals surface area (Å²) >= 11 is 4.54. The van der Waals surface area contributed by atoms with Crippen molar-refractivity contribution in [2.75, 3.05) is 0 Å². The van der Waals surface area contributed by atoms with Gasteiger partial charge in [0.15, 0.2) is 0 Å². The van der Waals surface area contributed by atoms with Crippen LogP contribution < -0.4 is 15.9 Å². The number of nitriles is 1. The standard InChI is InChI=1S/C29H24BrN2P/c1-32-25(20-24-18-17-23(21-31)19-29(24)32)22-33(30,26-11-5-2-6-12-26,27-13-7-3-8-14-27)28-15-9-4-10-16-28/h2-20H,22H2,1H3. The molecule has 0 amide bonds. The fourth-order valence-electron chi connectivity index (χ4n) is 4.85. The molecule has 2 nitrogen and oxygen atoms in total. The van der Waals surface area contributed by atoms with Crippen LogP contribution in [0, 0.1) is 11.3 Å². The number of rotatable bonds is 5.